The molecular formula is C15H19NO3. The third kappa shape index (κ3) is 5.55. The third-order valence-corrected chi connectivity index (χ3v) is 3.19. The van der Waals surface area contributed by atoms with Crippen LogP contribution in [0.1, 0.15) is 38.7 Å². The lowest BCUT2D eigenvalue weighted by atomic mass is 9.97. The molecule has 4 heteroatoms. The summed E-state index contributed by atoms with van der Waals surface area (Å²) in [6, 6.07) is 7.03. The van der Waals surface area contributed by atoms with Gasteiger partial charge in [0.05, 0.1) is 0 Å². The number of ketones is 2. The maximum absolute atomic E-state index is 11.6. The predicted octanol–water partition coefficient (Wildman–Crippen LogP) is 3.59. The highest BCUT2D eigenvalue weighted by Crippen LogP contribution is 2.14. The zero-order valence-electron chi connectivity index (χ0n) is 11.4. The summed E-state index contributed by atoms with van der Waals surface area (Å²) >= 11 is 0. The first kappa shape index (κ1) is 15.2. The monoisotopic (exact) mass is 261 g/mol. The van der Waals surface area contributed by atoms with Crippen molar-refractivity contribution in [3.05, 3.63) is 34.7 Å². The fourth-order valence-electron chi connectivity index (χ4n) is 1.80. The number of hydrogen-bond donors (Lipinski definition) is 0. The lowest BCUT2D eigenvalue weighted by Gasteiger charge is -2.06. The van der Waals surface area contributed by atoms with Crippen molar-refractivity contribution in [1.29, 1.82) is 0 Å². The Morgan fingerprint density at radius 1 is 1.21 bits per heavy atom. The van der Waals surface area contributed by atoms with Gasteiger partial charge in [0.25, 0.3) is 0 Å². The van der Waals surface area contributed by atoms with Crippen molar-refractivity contribution in [3.63, 3.8) is 0 Å². The highest BCUT2D eigenvalue weighted by Gasteiger charge is 2.12. The van der Waals surface area contributed by atoms with E-state index in [0.717, 1.165) is 18.4 Å². The number of hydrogen-bond acceptors (Lipinski definition) is 4. The van der Waals surface area contributed by atoms with E-state index in [9.17, 15) is 14.5 Å². The Morgan fingerprint density at radius 3 is 2.37 bits per heavy atom. The number of carbonyl (C=O) groups is 2. The lowest BCUT2D eigenvalue weighted by Crippen LogP contribution is -2.12. The molecule has 0 heterocycles. The molecule has 0 spiro atoms. The molecule has 0 aromatic heterocycles. The molecule has 0 aliphatic carbocycles. The minimum absolute atomic E-state index is 0.0605. The van der Waals surface area contributed by atoms with Crippen molar-refractivity contribution in [2.24, 2.45) is 11.1 Å². The van der Waals surface area contributed by atoms with Crippen LogP contribution in [-0.4, -0.2) is 11.6 Å². The zero-order valence-corrected chi connectivity index (χ0v) is 11.4. The first-order chi connectivity index (χ1) is 9.02. The van der Waals surface area contributed by atoms with Gasteiger partial charge in [-0.2, -0.15) is 0 Å². The molecule has 19 heavy (non-hydrogen) atoms. The number of rotatable bonds is 8. The van der Waals surface area contributed by atoms with E-state index >= 15 is 0 Å². The molecule has 0 amide bonds. The average Bonchev–Trinajstić information content (AvgIpc) is 2.39. The van der Waals surface area contributed by atoms with Crippen LogP contribution in [0.3, 0.4) is 0 Å². The Hall–Kier alpha value is -1.84. The minimum atomic E-state index is -0.176. The predicted molar refractivity (Wildman–Crippen MR) is 74.3 cm³/mol. The fraction of sp³-hybridized carbons (Fsp3) is 0.467. The SMILES string of the molecule is CC(=O)C(C)CC(=O)CCCc1ccc(N=O)cc1. The van der Waals surface area contributed by atoms with Gasteiger partial charge in [0.15, 0.2) is 0 Å². The van der Waals surface area contributed by atoms with Gasteiger partial charge in [0, 0.05) is 18.8 Å². The summed E-state index contributed by atoms with van der Waals surface area (Å²) < 4.78 is 0. The topological polar surface area (TPSA) is 63.6 Å². The van der Waals surface area contributed by atoms with Crippen molar-refractivity contribution in [3.8, 4) is 0 Å². The van der Waals surface area contributed by atoms with Crippen LogP contribution in [0, 0.1) is 10.8 Å². The first-order valence-corrected chi connectivity index (χ1v) is 6.47. The van der Waals surface area contributed by atoms with E-state index in [1.807, 2.05) is 12.1 Å². The number of carbonyl (C=O) groups excluding carboxylic acids is 2. The Labute approximate surface area is 113 Å². The molecule has 0 saturated heterocycles. The van der Waals surface area contributed by atoms with Crippen LogP contribution in [0.5, 0.6) is 0 Å². The molecule has 1 aromatic rings. The number of benzene rings is 1. The summed E-state index contributed by atoms with van der Waals surface area (Å²) in [5.41, 5.74) is 1.50. The van der Waals surface area contributed by atoms with Gasteiger partial charge < -0.3 is 0 Å². The molecule has 0 aliphatic heterocycles. The van der Waals surface area contributed by atoms with Gasteiger partial charge in [-0.05, 0) is 42.6 Å². The Bertz CT molecular complexity index is 451. The molecule has 0 N–H and O–H groups in total. The first-order valence-electron chi connectivity index (χ1n) is 6.47. The van der Waals surface area contributed by atoms with Crippen LogP contribution in [0.25, 0.3) is 0 Å². The molecule has 1 unspecified atom stereocenters. The normalized spacial score (nSPS) is 11.9. The zero-order chi connectivity index (χ0) is 14.3. The van der Waals surface area contributed by atoms with E-state index in [-0.39, 0.29) is 17.5 Å². The fourth-order valence-corrected chi connectivity index (χ4v) is 1.80. The smallest absolute Gasteiger partial charge is 0.133 e. The van der Waals surface area contributed by atoms with Gasteiger partial charge in [0.1, 0.15) is 17.3 Å². The Balaban J connectivity index is 2.31. The van der Waals surface area contributed by atoms with E-state index < -0.39 is 0 Å². The molecule has 0 fully saturated rings. The third-order valence-electron chi connectivity index (χ3n) is 3.19. The van der Waals surface area contributed by atoms with Crippen molar-refractivity contribution >= 4 is 17.3 Å². The maximum atomic E-state index is 11.6. The quantitative estimate of drug-likeness (QED) is 0.672. The molecule has 4 nitrogen and oxygen atoms in total. The lowest BCUT2D eigenvalue weighted by molar-refractivity contribution is -0.126. The Morgan fingerprint density at radius 2 is 1.84 bits per heavy atom. The van der Waals surface area contributed by atoms with Crippen molar-refractivity contribution in [2.75, 3.05) is 0 Å². The summed E-state index contributed by atoms with van der Waals surface area (Å²) in [6.45, 7) is 3.30. The van der Waals surface area contributed by atoms with Gasteiger partial charge >= 0.3 is 0 Å². The van der Waals surface area contributed by atoms with Crippen molar-refractivity contribution in [1.82, 2.24) is 0 Å². The molecule has 1 aromatic carbocycles. The number of Topliss-reactive ketones (excluding diaryl/α,β-unsaturated/α-hetero) is 2. The second kappa shape index (κ2) is 7.56. The van der Waals surface area contributed by atoms with Crippen LogP contribution >= 0.6 is 0 Å². The molecule has 1 atom stereocenters. The Kier molecular flexibility index (Phi) is 6.06. The van der Waals surface area contributed by atoms with E-state index in [2.05, 4.69) is 5.18 Å². The van der Waals surface area contributed by atoms with E-state index in [1.165, 1.54) is 6.92 Å². The van der Waals surface area contributed by atoms with Crippen LogP contribution in [0.4, 0.5) is 5.69 Å². The van der Waals surface area contributed by atoms with E-state index in [0.29, 0.717) is 18.5 Å². The molecule has 0 radical (unpaired) electrons. The second-order valence-electron chi connectivity index (χ2n) is 4.87. The van der Waals surface area contributed by atoms with Gasteiger partial charge in [-0.3, -0.25) is 9.59 Å². The van der Waals surface area contributed by atoms with Crippen LogP contribution in [-0.2, 0) is 16.0 Å². The van der Waals surface area contributed by atoms with Crippen LogP contribution in [0.15, 0.2) is 29.4 Å². The highest BCUT2D eigenvalue weighted by atomic mass is 16.3. The number of nitrogens with zero attached hydrogens (tertiary/aromatic N) is 1. The van der Waals surface area contributed by atoms with Gasteiger partial charge in [0.2, 0.25) is 0 Å². The van der Waals surface area contributed by atoms with Crippen LogP contribution < -0.4 is 0 Å². The standard InChI is InChI=1S/C15H19NO3/c1-11(12(2)17)10-15(18)5-3-4-13-6-8-14(16-19)9-7-13/h6-9,11H,3-5,10H2,1-2H3. The van der Waals surface area contributed by atoms with Gasteiger partial charge in [-0.15, -0.1) is 4.91 Å². The van der Waals surface area contributed by atoms with Gasteiger partial charge in [-0.1, -0.05) is 19.1 Å². The summed E-state index contributed by atoms with van der Waals surface area (Å²) in [7, 11) is 0. The average molecular weight is 261 g/mol. The highest BCUT2D eigenvalue weighted by molar-refractivity contribution is 5.86. The molecule has 102 valence electrons. The molecule has 1 rings (SSSR count). The van der Waals surface area contributed by atoms with Crippen molar-refractivity contribution < 1.29 is 9.59 Å². The van der Waals surface area contributed by atoms with Gasteiger partial charge in [-0.25, -0.2) is 0 Å². The molecule has 0 bridgehead atoms. The summed E-state index contributed by atoms with van der Waals surface area (Å²) in [5.74, 6) is 0.0182. The molecule has 0 saturated carbocycles. The van der Waals surface area contributed by atoms with E-state index in [1.54, 1.807) is 19.1 Å². The number of nitroso groups, excluding NO2 is 1. The summed E-state index contributed by atoms with van der Waals surface area (Å²) in [5, 5.41) is 2.83. The maximum Gasteiger partial charge on any atom is 0.133 e. The summed E-state index contributed by atoms with van der Waals surface area (Å²) in [6.07, 6.45) is 2.38. The van der Waals surface area contributed by atoms with E-state index in [4.69, 9.17) is 0 Å². The molecule has 0 aliphatic rings. The largest absolute Gasteiger partial charge is 0.300 e. The summed E-state index contributed by atoms with van der Waals surface area (Å²) in [4.78, 5) is 32.9. The minimum Gasteiger partial charge on any atom is -0.300 e. The second-order valence-corrected chi connectivity index (χ2v) is 4.87. The number of aryl methyl sites for hydroxylation is 1. The van der Waals surface area contributed by atoms with Crippen molar-refractivity contribution in [2.45, 2.75) is 39.5 Å². The van der Waals surface area contributed by atoms with Crippen LogP contribution in [0.2, 0.25) is 0 Å². The molecular weight excluding hydrogens is 242 g/mol.